The van der Waals surface area contributed by atoms with E-state index in [2.05, 4.69) is 34.5 Å². The lowest BCUT2D eigenvalue weighted by molar-refractivity contribution is 0.354. The second kappa shape index (κ2) is 8.67. The van der Waals surface area contributed by atoms with Gasteiger partial charge < -0.3 is 9.47 Å². The third kappa shape index (κ3) is 4.14. The number of ether oxygens (including phenoxy) is 2. The molecule has 0 atom stereocenters. The van der Waals surface area contributed by atoms with Crippen molar-refractivity contribution in [1.82, 2.24) is 19.8 Å². The van der Waals surface area contributed by atoms with Gasteiger partial charge in [0.05, 0.1) is 14.2 Å². The van der Waals surface area contributed by atoms with E-state index in [0.717, 1.165) is 46.6 Å². The maximum absolute atomic E-state index is 5.41. The topological polar surface area (TPSA) is 61.5 Å². The predicted molar refractivity (Wildman–Crippen MR) is 122 cm³/mol. The van der Waals surface area contributed by atoms with Gasteiger partial charge in [-0.1, -0.05) is 35.6 Å². The molecule has 0 bridgehead atoms. The lowest BCUT2D eigenvalue weighted by Gasteiger charge is -2.16. The highest BCUT2D eigenvalue weighted by Gasteiger charge is 2.14. The van der Waals surface area contributed by atoms with Gasteiger partial charge in [0.1, 0.15) is 5.01 Å². The highest BCUT2D eigenvalue weighted by atomic mass is 32.1. The molecule has 2 heterocycles. The van der Waals surface area contributed by atoms with Gasteiger partial charge in [0, 0.05) is 12.8 Å². The lowest BCUT2D eigenvalue weighted by Crippen LogP contribution is -2.03. The fraction of sp³-hybridized carbons (Fsp3) is 0.375. The molecule has 31 heavy (non-hydrogen) atoms. The monoisotopic (exact) mass is 434 g/mol. The zero-order chi connectivity index (χ0) is 21.2. The summed E-state index contributed by atoms with van der Waals surface area (Å²) < 4.78 is 12.6. The molecule has 0 fully saturated rings. The van der Waals surface area contributed by atoms with E-state index in [1.54, 1.807) is 25.6 Å². The molecular formula is C24H26N4O2S. The number of methoxy groups -OCH3 is 2. The van der Waals surface area contributed by atoms with Crippen LogP contribution in [0.25, 0.3) is 4.96 Å². The van der Waals surface area contributed by atoms with Gasteiger partial charge in [-0.3, -0.25) is 0 Å². The highest BCUT2D eigenvalue weighted by molar-refractivity contribution is 7.16. The van der Waals surface area contributed by atoms with Gasteiger partial charge >= 0.3 is 0 Å². The van der Waals surface area contributed by atoms with Crippen molar-refractivity contribution < 1.29 is 9.47 Å². The lowest BCUT2D eigenvalue weighted by atomic mass is 9.90. The first-order chi connectivity index (χ1) is 15.2. The smallest absolute Gasteiger partial charge is 0.234 e. The number of aromatic nitrogens is 4. The van der Waals surface area contributed by atoms with Gasteiger partial charge in [0.2, 0.25) is 4.96 Å². The van der Waals surface area contributed by atoms with Gasteiger partial charge in [-0.2, -0.15) is 9.61 Å². The molecular weight excluding hydrogens is 408 g/mol. The third-order valence-electron chi connectivity index (χ3n) is 5.95. The Hall–Kier alpha value is -2.93. The summed E-state index contributed by atoms with van der Waals surface area (Å²) in [5.41, 5.74) is 5.53. The standard InChI is InChI=1S/C24H26N4O2S/c1-29-20-11-8-16(14-21(20)30-2)9-12-22-25-26-24-28(22)27-23(31-24)15-17-7-10-18-5-3-4-6-19(18)13-17/h7-8,10-11,13-14H,3-6,9,12,15H2,1-2H3. The van der Waals surface area contributed by atoms with Crippen LogP contribution in [0.4, 0.5) is 0 Å². The minimum absolute atomic E-state index is 0.738. The van der Waals surface area contributed by atoms with E-state index < -0.39 is 0 Å². The van der Waals surface area contributed by atoms with Crippen molar-refractivity contribution in [2.24, 2.45) is 0 Å². The Morgan fingerprint density at radius 2 is 1.68 bits per heavy atom. The number of rotatable bonds is 7. The molecule has 5 rings (SSSR count). The van der Waals surface area contributed by atoms with Gasteiger partial charge in [-0.25, -0.2) is 0 Å². The minimum atomic E-state index is 0.738. The Morgan fingerprint density at radius 1 is 0.871 bits per heavy atom. The number of aryl methyl sites for hydroxylation is 4. The molecule has 0 amide bonds. The van der Waals surface area contributed by atoms with Crippen molar-refractivity contribution >= 4 is 16.3 Å². The van der Waals surface area contributed by atoms with Crippen molar-refractivity contribution in [3.05, 3.63) is 69.5 Å². The maximum Gasteiger partial charge on any atom is 0.234 e. The average Bonchev–Trinajstić information content (AvgIpc) is 3.37. The SMILES string of the molecule is COc1ccc(CCc2nnc3sc(Cc4ccc5c(c4)CCCC5)nn23)cc1OC. The van der Waals surface area contributed by atoms with Crippen LogP contribution in [0.5, 0.6) is 11.5 Å². The number of hydrogen-bond donors (Lipinski definition) is 0. The first kappa shape index (κ1) is 20.0. The third-order valence-corrected chi connectivity index (χ3v) is 6.85. The van der Waals surface area contributed by atoms with E-state index in [9.17, 15) is 0 Å². The quantitative estimate of drug-likeness (QED) is 0.430. The minimum Gasteiger partial charge on any atom is -0.493 e. The molecule has 0 saturated heterocycles. The Balaban J connectivity index is 1.30. The van der Waals surface area contributed by atoms with Crippen LogP contribution in [-0.2, 0) is 32.1 Å². The van der Waals surface area contributed by atoms with Crippen molar-refractivity contribution in [1.29, 1.82) is 0 Å². The van der Waals surface area contributed by atoms with Crippen LogP contribution in [-0.4, -0.2) is 34.0 Å². The fourth-order valence-corrected chi connectivity index (χ4v) is 5.17. The molecule has 6 nitrogen and oxygen atoms in total. The second-order valence-electron chi connectivity index (χ2n) is 7.98. The molecule has 1 aliphatic carbocycles. The molecule has 0 aliphatic heterocycles. The molecule has 0 spiro atoms. The number of nitrogens with zero attached hydrogens (tertiary/aromatic N) is 4. The Morgan fingerprint density at radius 3 is 2.52 bits per heavy atom. The first-order valence-electron chi connectivity index (χ1n) is 10.7. The largest absolute Gasteiger partial charge is 0.493 e. The van der Waals surface area contributed by atoms with Crippen LogP contribution in [0.3, 0.4) is 0 Å². The summed E-state index contributed by atoms with van der Waals surface area (Å²) in [4.78, 5) is 0.857. The van der Waals surface area contributed by atoms with Gasteiger partial charge in [0.15, 0.2) is 17.3 Å². The van der Waals surface area contributed by atoms with E-state index >= 15 is 0 Å². The molecule has 7 heteroatoms. The second-order valence-corrected chi connectivity index (χ2v) is 9.02. The summed E-state index contributed by atoms with van der Waals surface area (Å²) >= 11 is 1.62. The van der Waals surface area contributed by atoms with Crippen LogP contribution in [0.2, 0.25) is 0 Å². The molecule has 2 aromatic heterocycles. The molecule has 1 aliphatic rings. The van der Waals surface area contributed by atoms with Crippen LogP contribution in [0.15, 0.2) is 36.4 Å². The molecule has 0 radical (unpaired) electrons. The van der Waals surface area contributed by atoms with Crippen LogP contribution >= 0.6 is 11.3 Å². The summed E-state index contributed by atoms with van der Waals surface area (Å²) in [6.45, 7) is 0. The molecule has 0 saturated carbocycles. The molecule has 160 valence electrons. The van der Waals surface area contributed by atoms with E-state index in [4.69, 9.17) is 14.6 Å². The molecule has 0 unspecified atom stereocenters. The van der Waals surface area contributed by atoms with E-state index in [0.29, 0.717) is 0 Å². The van der Waals surface area contributed by atoms with Crippen molar-refractivity contribution in [3.8, 4) is 11.5 Å². The van der Waals surface area contributed by atoms with Gasteiger partial charge in [-0.05, 0) is 66.5 Å². The Kier molecular flexibility index (Phi) is 5.59. The fourth-order valence-electron chi connectivity index (χ4n) is 4.29. The molecule has 2 aromatic carbocycles. The van der Waals surface area contributed by atoms with Gasteiger partial charge in [0.25, 0.3) is 0 Å². The van der Waals surface area contributed by atoms with E-state index in [1.165, 1.54) is 47.9 Å². The predicted octanol–water partition coefficient (Wildman–Crippen LogP) is 4.46. The normalized spacial score (nSPS) is 13.4. The molecule has 0 N–H and O–H groups in total. The van der Waals surface area contributed by atoms with E-state index in [1.807, 2.05) is 16.6 Å². The van der Waals surface area contributed by atoms with Crippen molar-refractivity contribution in [2.45, 2.75) is 44.9 Å². The van der Waals surface area contributed by atoms with Crippen LogP contribution < -0.4 is 9.47 Å². The summed E-state index contributed by atoms with van der Waals surface area (Å²) in [6.07, 6.45) is 7.48. The van der Waals surface area contributed by atoms with Crippen LogP contribution in [0.1, 0.15) is 45.9 Å². The highest BCUT2D eigenvalue weighted by Crippen LogP contribution is 2.28. The number of benzene rings is 2. The number of fused-ring (bicyclic) bond motifs is 2. The summed E-state index contributed by atoms with van der Waals surface area (Å²) in [7, 11) is 3.30. The zero-order valence-electron chi connectivity index (χ0n) is 17.9. The Labute approximate surface area is 185 Å². The molecule has 4 aromatic rings. The number of hydrogen-bond acceptors (Lipinski definition) is 6. The maximum atomic E-state index is 5.41. The summed E-state index contributed by atoms with van der Waals surface area (Å²) in [6, 6.07) is 12.9. The average molecular weight is 435 g/mol. The summed E-state index contributed by atoms with van der Waals surface area (Å²) in [5, 5.41) is 14.6. The van der Waals surface area contributed by atoms with Gasteiger partial charge in [-0.15, -0.1) is 10.2 Å². The van der Waals surface area contributed by atoms with Crippen molar-refractivity contribution in [2.75, 3.05) is 14.2 Å². The summed E-state index contributed by atoms with van der Waals surface area (Å²) in [5.74, 6) is 2.37. The van der Waals surface area contributed by atoms with Crippen molar-refractivity contribution in [3.63, 3.8) is 0 Å². The van der Waals surface area contributed by atoms with E-state index in [-0.39, 0.29) is 0 Å². The Bertz CT molecular complexity index is 1210. The zero-order valence-corrected chi connectivity index (χ0v) is 18.7. The van der Waals surface area contributed by atoms with Crippen LogP contribution in [0, 0.1) is 0 Å². The first-order valence-corrected chi connectivity index (χ1v) is 11.6.